The number of H-pyrrole nitrogens is 1. The molecule has 2 rings (SSSR count). The van der Waals surface area contributed by atoms with Gasteiger partial charge >= 0.3 is 0 Å². The summed E-state index contributed by atoms with van der Waals surface area (Å²) in [6, 6.07) is 5.50. The largest absolute Gasteiger partial charge is 0.363 e. The number of nitrogens with two attached hydrogens (primary N) is 1. The maximum Gasteiger partial charge on any atom is 0.125 e. The molecule has 0 radical (unpaired) electrons. The average molecular weight is 188 g/mol. The molecule has 0 spiro atoms. The molecule has 0 saturated carbocycles. The molecule has 0 aliphatic heterocycles. The summed E-state index contributed by atoms with van der Waals surface area (Å²) in [5.41, 5.74) is 7.80. The fourth-order valence-corrected chi connectivity index (χ4v) is 1.34. The van der Waals surface area contributed by atoms with Crippen molar-refractivity contribution < 1.29 is 0 Å². The molecular formula is C10H12N4. The second kappa shape index (κ2) is 3.59. The Morgan fingerprint density at radius 1 is 1.43 bits per heavy atom. The molecule has 3 N–H and O–H groups in total. The van der Waals surface area contributed by atoms with Gasteiger partial charge in [-0.05, 0) is 25.1 Å². The summed E-state index contributed by atoms with van der Waals surface area (Å²) in [5, 5.41) is 0. The minimum atomic E-state index is -0.202. The summed E-state index contributed by atoms with van der Waals surface area (Å²) >= 11 is 0. The molecule has 2 aromatic rings. The summed E-state index contributed by atoms with van der Waals surface area (Å²) in [6.45, 7) is 1.85. The van der Waals surface area contributed by atoms with E-state index >= 15 is 0 Å². The number of hydrogen-bond donors (Lipinski definition) is 2. The van der Waals surface area contributed by atoms with Crippen LogP contribution in [0.15, 0.2) is 30.6 Å². The number of nitrogens with one attached hydrogen (secondary N) is 1. The molecule has 0 aromatic carbocycles. The first-order valence-corrected chi connectivity index (χ1v) is 4.46. The molecule has 2 heterocycles. The Bertz CT molecular complexity index is 408. The highest BCUT2D eigenvalue weighted by atomic mass is 14.9. The Kier molecular flexibility index (Phi) is 2.28. The molecule has 0 bridgehead atoms. The molecule has 72 valence electrons. The predicted molar refractivity (Wildman–Crippen MR) is 53.6 cm³/mol. The Labute approximate surface area is 82.2 Å². The maximum absolute atomic E-state index is 6.01. The van der Waals surface area contributed by atoms with Crippen molar-refractivity contribution in [3.8, 4) is 0 Å². The Morgan fingerprint density at radius 2 is 2.29 bits per heavy atom. The van der Waals surface area contributed by atoms with E-state index in [1.54, 1.807) is 6.20 Å². The van der Waals surface area contributed by atoms with Crippen molar-refractivity contribution >= 4 is 0 Å². The van der Waals surface area contributed by atoms with Gasteiger partial charge in [0, 0.05) is 18.1 Å². The summed E-state index contributed by atoms with van der Waals surface area (Å²) in [4.78, 5) is 11.4. The first-order valence-electron chi connectivity index (χ1n) is 4.46. The van der Waals surface area contributed by atoms with Gasteiger partial charge < -0.3 is 10.7 Å². The van der Waals surface area contributed by atoms with Crippen molar-refractivity contribution in [3.63, 3.8) is 0 Å². The fraction of sp³-hybridized carbons (Fsp3) is 0.200. The van der Waals surface area contributed by atoms with Gasteiger partial charge in [0.1, 0.15) is 5.82 Å². The molecule has 4 nitrogen and oxygen atoms in total. The van der Waals surface area contributed by atoms with E-state index in [1.165, 1.54) is 0 Å². The second-order valence-electron chi connectivity index (χ2n) is 3.13. The summed E-state index contributed by atoms with van der Waals surface area (Å²) in [6.07, 6.45) is 3.57. The number of aromatic nitrogens is 3. The van der Waals surface area contributed by atoms with Crippen molar-refractivity contribution in [2.24, 2.45) is 5.73 Å². The van der Waals surface area contributed by atoms with Crippen LogP contribution in [0.25, 0.3) is 0 Å². The van der Waals surface area contributed by atoms with E-state index in [0.717, 1.165) is 17.2 Å². The minimum absolute atomic E-state index is 0.202. The van der Waals surface area contributed by atoms with E-state index in [0.29, 0.717) is 0 Å². The second-order valence-corrected chi connectivity index (χ2v) is 3.13. The lowest BCUT2D eigenvalue weighted by atomic mass is 10.1. The van der Waals surface area contributed by atoms with Crippen LogP contribution in [0.5, 0.6) is 0 Å². The van der Waals surface area contributed by atoms with E-state index < -0.39 is 0 Å². The topological polar surface area (TPSA) is 67.6 Å². The van der Waals surface area contributed by atoms with Crippen LogP contribution in [0.2, 0.25) is 0 Å². The van der Waals surface area contributed by atoms with Gasteiger partial charge in [-0.3, -0.25) is 0 Å². The highest BCUT2D eigenvalue weighted by Gasteiger charge is 2.10. The smallest absolute Gasteiger partial charge is 0.125 e. The number of hydrogen-bond acceptors (Lipinski definition) is 3. The van der Waals surface area contributed by atoms with Crippen molar-refractivity contribution in [3.05, 3.63) is 47.8 Å². The van der Waals surface area contributed by atoms with Crippen LogP contribution in [0, 0.1) is 6.92 Å². The fourth-order valence-electron chi connectivity index (χ4n) is 1.34. The lowest BCUT2D eigenvalue weighted by Gasteiger charge is -2.08. The van der Waals surface area contributed by atoms with Gasteiger partial charge in [0.25, 0.3) is 0 Å². The van der Waals surface area contributed by atoms with E-state index in [1.807, 2.05) is 31.3 Å². The Morgan fingerprint density at radius 3 is 2.93 bits per heavy atom. The highest BCUT2D eigenvalue weighted by Crippen LogP contribution is 2.14. The summed E-state index contributed by atoms with van der Waals surface area (Å²) in [7, 11) is 0. The number of aryl methyl sites for hydroxylation is 1. The third kappa shape index (κ3) is 1.65. The third-order valence-corrected chi connectivity index (χ3v) is 2.07. The van der Waals surface area contributed by atoms with Crippen LogP contribution >= 0.6 is 0 Å². The van der Waals surface area contributed by atoms with Crippen LogP contribution in [-0.2, 0) is 0 Å². The monoisotopic (exact) mass is 188 g/mol. The van der Waals surface area contributed by atoms with Crippen LogP contribution in [-0.4, -0.2) is 15.0 Å². The molecule has 1 atom stereocenters. The maximum atomic E-state index is 6.01. The first-order chi connectivity index (χ1) is 6.77. The van der Waals surface area contributed by atoms with E-state index in [9.17, 15) is 0 Å². The SMILES string of the molecule is Cc1nccc(C(N)c2ccc[nH]2)n1. The van der Waals surface area contributed by atoms with Crippen LogP contribution in [0.1, 0.15) is 23.3 Å². The van der Waals surface area contributed by atoms with Crippen molar-refractivity contribution in [2.75, 3.05) is 0 Å². The van der Waals surface area contributed by atoms with E-state index in [4.69, 9.17) is 5.73 Å². The standard InChI is InChI=1S/C10H12N4/c1-7-12-6-4-9(14-7)10(11)8-3-2-5-13-8/h2-6,10,13H,11H2,1H3. The van der Waals surface area contributed by atoms with Gasteiger partial charge in [0.2, 0.25) is 0 Å². The molecule has 14 heavy (non-hydrogen) atoms. The van der Waals surface area contributed by atoms with Crippen molar-refractivity contribution in [1.29, 1.82) is 0 Å². The molecule has 4 heteroatoms. The average Bonchev–Trinajstić information content (AvgIpc) is 2.69. The zero-order valence-corrected chi connectivity index (χ0v) is 7.94. The first kappa shape index (κ1) is 8.90. The normalized spacial score (nSPS) is 12.7. The quantitative estimate of drug-likeness (QED) is 0.743. The van der Waals surface area contributed by atoms with Gasteiger partial charge in [-0.15, -0.1) is 0 Å². The van der Waals surface area contributed by atoms with Crippen LogP contribution in [0.4, 0.5) is 0 Å². The van der Waals surface area contributed by atoms with Gasteiger partial charge in [-0.2, -0.15) is 0 Å². The van der Waals surface area contributed by atoms with Gasteiger partial charge in [0.15, 0.2) is 0 Å². The molecule has 0 amide bonds. The van der Waals surface area contributed by atoms with Gasteiger partial charge in [-0.25, -0.2) is 9.97 Å². The van der Waals surface area contributed by atoms with Crippen LogP contribution in [0.3, 0.4) is 0 Å². The van der Waals surface area contributed by atoms with Gasteiger partial charge in [-0.1, -0.05) is 0 Å². The summed E-state index contributed by atoms with van der Waals surface area (Å²) < 4.78 is 0. The van der Waals surface area contributed by atoms with Crippen molar-refractivity contribution in [1.82, 2.24) is 15.0 Å². The molecule has 0 aliphatic rings. The Hall–Kier alpha value is -1.68. The molecule has 0 saturated heterocycles. The molecule has 2 aromatic heterocycles. The lowest BCUT2D eigenvalue weighted by molar-refractivity contribution is 0.785. The Balaban J connectivity index is 2.32. The zero-order chi connectivity index (χ0) is 9.97. The third-order valence-electron chi connectivity index (χ3n) is 2.07. The lowest BCUT2D eigenvalue weighted by Crippen LogP contribution is -2.14. The van der Waals surface area contributed by atoms with Crippen LogP contribution < -0.4 is 5.73 Å². The molecule has 1 unspecified atom stereocenters. The summed E-state index contributed by atoms with van der Waals surface area (Å²) in [5.74, 6) is 0.740. The van der Waals surface area contributed by atoms with E-state index in [2.05, 4.69) is 15.0 Å². The molecule has 0 fully saturated rings. The number of rotatable bonds is 2. The number of aromatic amines is 1. The molecule has 0 aliphatic carbocycles. The van der Waals surface area contributed by atoms with Gasteiger partial charge in [0.05, 0.1) is 11.7 Å². The predicted octanol–water partition coefficient (Wildman–Crippen LogP) is 1.16. The van der Waals surface area contributed by atoms with Crippen molar-refractivity contribution in [2.45, 2.75) is 13.0 Å². The minimum Gasteiger partial charge on any atom is -0.363 e. The number of nitrogens with zero attached hydrogens (tertiary/aromatic N) is 2. The highest BCUT2D eigenvalue weighted by molar-refractivity contribution is 5.20. The zero-order valence-electron chi connectivity index (χ0n) is 7.94. The molecular weight excluding hydrogens is 176 g/mol. The van der Waals surface area contributed by atoms with E-state index in [-0.39, 0.29) is 6.04 Å².